The van der Waals surface area contributed by atoms with Gasteiger partial charge in [-0.25, -0.2) is 0 Å². The summed E-state index contributed by atoms with van der Waals surface area (Å²) in [7, 11) is 1.41. The fraction of sp³-hybridized carbons (Fsp3) is 0.158. The lowest BCUT2D eigenvalue weighted by molar-refractivity contribution is -0.137. The number of benzene rings is 2. The van der Waals surface area contributed by atoms with Gasteiger partial charge in [-0.05, 0) is 30.3 Å². The van der Waals surface area contributed by atoms with Crippen LogP contribution in [0.5, 0.6) is 5.75 Å². The fourth-order valence-corrected chi connectivity index (χ4v) is 4.21. The standard InChI is InChI=1S/C19H14ClF3N4O3S2/c1-30-14-7-6-10(20)8-11(14)16(29)25-17-26-27-18(32-17)31-9-15(28)24-13-5-3-2-4-12(13)19(21,22)23/h2-8H,9H2,1H3,(H,24,28)(H,25,26,29). The molecule has 7 nitrogen and oxygen atoms in total. The molecule has 3 rings (SSSR count). The van der Waals surface area contributed by atoms with Gasteiger partial charge in [0.15, 0.2) is 4.34 Å². The number of rotatable bonds is 7. The molecule has 2 N–H and O–H groups in total. The Morgan fingerprint density at radius 2 is 1.91 bits per heavy atom. The normalized spacial score (nSPS) is 11.2. The number of ether oxygens (including phenoxy) is 1. The number of methoxy groups -OCH3 is 1. The van der Waals surface area contributed by atoms with Gasteiger partial charge in [0.25, 0.3) is 5.91 Å². The first-order valence-corrected chi connectivity index (χ1v) is 10.9. The van der Waals surface area contributed by atoms with Crippen LogP contribution in [0.3, 0.4) is 0 Å². The molecule has 13 heteroatoms. The van der Waals surface area contributed by atoms with Crippen molar-refractivity contribution in [2.24, 2.45) is 0 Å². The van der Waals surface area contributed by atoms with Crippen LogP contribution < -0.4 is 15.4 Å². The molecular formula is C19H14ClF3N4O3S2. The SMILES string of the molecule is COc1ccc(Cl)cc1C(=O)Nc1nnc(SCC(=O)Nc2ccccc2C(F)(F)F)s1. The van der Waals surface area contributed by atoms with E-state index < -0.39 is 23.6 Å². The first-order valence-electron chi connectivity index (χ1n) is 8.74. The second-order valence-corrected chi connectivity index (χ2v) is 8.69. The molecule has 0 aliphatic heterocycles. The van der Waals surface area contributed by atoms with Gasteiger partial charge in [-0.1, -0.05) is 46.8 Å². The predicted octanol–water partition coefficient (Wildman–Crippen LogP) is 5.20. The maximum Gasteiger partial charge on any atom is 0.418 e. The van der Waals surface area contributed by atoms with Crippen molar-refractivity contribution in [3.63, 3.8) is 0 Å². The molecule has 168 valence electrons. The summed E-state index contributed by atoms with van der Waals surface area (Å²) in [5, 5.41) is 13.0. The molecule has 32 heavy (non-hydrogen) atoms. The largest absolute Gasteiger partial charge is 0.496 e. The van der Waals surface area contributed by atoms with E-state index in [0.29, 0.717) is 15.1 Å². The van der Waals surface area contributed by atoms with Crippen LogP contribution >= 0.6 is 34.7 Å². The molecule has 0 unspecified atom stereocenters. The van der Waals surface area contributed by atoms with Crippen LogP contribution in [0.15, 0.2) is 46.8 Å². The third kappa shape index (κ3) is 6.11. The summed E-state index contributed by atoms with van der Waals surface area (Å²) in [6.45, 7) is 0. The minimum absolute atomic E-state index is 0.169. The van der Waals surface area contributed by atoms with Gasteiger partial charge in [0.2, 0.25) is 11.0 Å². The minimum atomic E-state index is -4.59. The summed E-state index contributed by atoms with van der Waals surface area (Å²) < 4.78 is 44.6. The van der Waals surface area contributed by atoms with Crippen LogP contribution in [0.2, 0.25) is 5.02 Å². The molecule has 3 aromatic rings. The average Bonchev–Trinajstić information content (AvgIpc) is 3.19. The lowest BCUT2D eigenvalue weighted by atomic mass is 10.1. The molecule has 0 saturated carbocycles. The second kappa shape index (κ2) is 10.2. The topological polar surface area (TPSA) is 93.2 Å². The number of para-hydroxylation sites is 1. The quantitative estimate of drug-likeness (QED) is 0.340. The van der Waals surface area contributed by atoms with Crippen LogP contribution in [0.1, 0.15) is 15.9 Å². The highest BCUT2D eigenvalue weighted by Gasteiger charge is 2.33. The van der Waals surface area contributed by atoms with E-state index in [0.717, 1.165) is 29.2 Å². The van der Waals surface area contributed by atoms with E-state index in [1.807, 2.05) is 0 Å². The molecule has 0 saturated heterocycles. The Morgan fingerprint density at radius 1 is 1.16 bits per heavy atom. The Bertz CT molecular complexity index is 1140. The Kier molecular flexibility index (Phi) is 7.59. The molecule has 0 radical (unpaired) electrons. The van der Waals surface area contributed by atoms with Crippen LogP contribution in [-0.4, -0.2) is 34.9 Å². The third-order valence-corrected chi connectivity index (χ3v) is 6.07. The number of anilines is 2. The number of carbonyl (C=O) groups excluding carboxylic acids is 2. The van der Waals surface area contributed by atoms with Crippen molar-refractivity contribution in [2.75, 3.05) is 23.5 Å². The lowest BCUT2D eigenvalue weighted by Crippen LogP contribution is -2.18. The number of thioether (sulfide) groups is 1. The van der Waals surface area contributed by atoms with E-state index >= 15 is 0 Å². The van der Waals surface area contributed by atoms with Crippen molar-refractivity contribution in [3.8, 4) is 5.75 Å². The fourth-order valence-electron chi connectivity index (χ4n) is 2.49. The van der Waals surface area contributed by atoms with Gasteiger partial charge < -0.3 is 10.1 Å². The summed E-state index contributed by atoms with van der Waals surface area (Å²) in [5.41, 5.74) is -1.06. The molecule has 1 heterocycles. The van der Waals surface area contributed by atoms with Crippen LogP contribution in [-0.2, 0) is 11.0 Å². The zero-order valence-corrected chi connectivity index (χ0v) is 18.6. The highest BCUT2D eigenvalue weighted by Crippen LogP contribution is 2.35. The van der Waals surface area contributed by atoms with E-state index in [9.17, 15) is 22.8 Å². The van der Waals surface area contributed by atoms with Crippen molar-refractivity contribution < 1.29 is 27.5 Å². The Morgan fingerprint density at radius 3 is 2.62 bits per heavy atom. The highest BCUT2D eigenvalue weighted by molar-refractivity contribution is 8.01. The second-order valence-electron chi connectivity index (χ2n) is 6.05. The number of halogens is 4. The summed E-state index contributed by atoms with van der Waals surface area (Å²) in [4.78, 5) is 24.6. The summed E-state index contributed by atoms with van der Waals surface area (Å²) in [6.07, 6.45) is -4.59. The van der Waals surface area contributed by atoms with Gasteiger partial charge in [-0.2, -0.15) is 13.2 Å². The lowest BCUT2D eigenvalue weighted by Gasteiger charge is -2.13. The monoisotopic (exact) mass is 502 g/mol. The zero-order valence-electron chi connectivity index (χ0n) is 16.2. The van der Waals surface area contributed by atoms with Gasteiger partial charge in [0.1, 0.15) is 5.75 Å². The molecule has 0 atom stereocenters. The Balaban J connectivity index is 1.59. The number of amides is 2. The summed E-state index contributed by atoms with van der Waals surface area (Å²) in [6, 6.07) is 9.26. The van der Waals surface area contributed by atoms with E-state index in [4.69, 9.17) is 16.3 Å². The smallest absolute Gasteiger partial charge is 0.418 e. The molecule has 0 bridgehead atoms. The number of alkyl halides is 3. The van der Waals surface area contributed by atoms with Gasteiger partial charge >= 0.3 is 6.18 Å². The first-order chi connectivity index (χ1) is 15.2. The summed E-state index contributed by atoms with van der Waals surface area (Å²) >= 11 is 7.90. The Labute approximate surface area is 193 Å². The number of nitrogens with zero attached hydrogens (tertiary/aromatic N) is 2. The maximum absolute atomic E-state index is 13.0. The highest BCUT2D eigenvalue weighted by atomic mass is 35.5. The van der Waals surface area contributed by atoms with E-state index in [2.05, 4.69) is 20.8 Å². The maximum atomic E-state index is 13.0. The van der Waals surface area contributed by atoms with Crippen LogP contribution in [0.25, 0.3) is 0 Å². The molecule has 0 fully saturated rings. The third-order valence-electron chi connectivity index (χ3n) is 3.87. The number of nitrogens with one attached hydrogen (secondary N) is 2. The molecule has 0 aliphatic rings. The van der Waals surface area contributed by atoms with Gasteiger partial charge in [0, 0.05) is 5.02 Å². The number of hydrogen-bond donors (Lipinski definition) is 2. The van der Waals surface area contributed by atoms with Gasteiger partial charge in [0.05, 0.1) is 29.7 Å². The van der Waals surface area contributed by atoms with E-state index in [1.165, 1.54) is 31.4 Å². The number of carbonyl (C=O) groups is 2. The molecule has 0 spiro atoms. The van der Waals surface area contributed by atoms with Gasteiger partial charge in [-0.15, -0.1) is 10.2 Å². The van der Waals surface area contributed by atoms with Crippen molar-refractivity contribution in [1.82, 2.24) is 10.2 Å². The summed E-state index contributed by atoms with van der Waals surface area (Å²) in [5.74, 6) is -1.03. The Hall–Kier alpha value is -2.83. The van der Waals surface area contributed by atoms with Crippen LogP contribution in [0, 0.1) is 0 Å². The first kappa shape index (κ1) is 23.8. The zero-order chi connectivity index (χ0) is 23.3. The average molecular weight is 503 g/mol. The van der Waals surface area contributed by atoms with Gasteiger partial charge in [-0.3, -0.25) is 14.9 Å². The van der Waals surface area contributed by atoms with E-state index in [-0.39, 0.29) is 22.1 Å². The van der Waals surface area contributed by atoms with Crippen molar-refractivity contribution in [2.45, 2.75) is 10.5 Å². The molecule has 2 amide bonds. The molecule has 1 aromatic heterocycles. The van der Waals surface area contributed by atoms with Crippen LogP contribution in [0.4, 0.5) is 24.0 Å². The van der Waals surface area contributed by atoms with Crippen molar-refractivity contribution in [1.29, 1.82) is 0 Å². The van der Waals surface area contributed by atoms with E-state index in [1.54, 1.807) is 12.1 Å². The van der Waals surface area contributed by atoms with Crippen molar-refractivity contribution in [3.05, 3.63) is 58.6 Å². The molecule has 2 aromatic carbocycles. The minimum Gasteiger partial charge on any atom is -0.496 e. The molecule has 0 aliphatic carbocycles. The molecular weight excluding hydrogens is 489 g/mol. The predicted molar refractivity (Wildman–Crippen MR) is 117 cm³/mol. The van der Waals surface area contributed by atoms with Crippen molar-refractivity contribution >= 4 is 57.3 Å². The number of hydrogen-bond acceptors (Lipinski definition) is 7. The number of aromatic nitrogens is 2.